The minimum atomic E-state index is -3.44. The summed E-state index contributed by atoms with van der Waals surface area (Å²) >= 11 is 0. The third-order valence-corrected chi connectivity index (χ3v) is 4.67. The van der Waals surface area contributed by atoms with Crippen molar-refractivity contribution in [1.29, 1.82) is 0 Å². The van der Waals surface area contributed by atoms with Crippen molar-refractivity contribution in [1.82, 2.24) is 0 Å². The van der Waals surface area contributed by atoms with Gasteiger partial charge in [-0.1, -0.05) is 19.3 Å². The van der Waals surface area contributed by atoms with Crippen molar-refractivity contribution in [2.24, 2.45) is 0 Å². The molecule has 1 N–H and O–H groups in total. The Hall–Kier alpha value is -1.63. The van der Waals surface area contributed by atoms with Gasteiger partial charge < -0.3 is 5.32 Å². The number of rotatable bonds is 4. The highest BCUT2D eigenvalue weighted by molar-refractivity contribution is 7.90. The molecule has 0 heterocycles. The zero-order valence-corrected chi connectivity index (χ0v) is 12.1. The summed E-state index contributed by atoms with van der Waals surface area (Å²) in [6.07, 6.45) is 6.46. The van der Waals surface area contributed by atoms with Crippen LogP contribution in [0.3, 0.4) is 0 Å². The Kier molecular flexibility index (Phi) is 4.27. The van der Waals surface area contributed by atoms with Crippen LogP contribution >= 0.6 is 0 Å². The van der Waals surface area contributed by atoms with E-state index in [-0.39, 0.29) is 16.6 Å². The van der Waals surface area contributed by atoms with Crippen molar-refractivity contribution < 1.29 is 13.3 Å². The van der Waals surface area contributed by atoms with Gasteiger partial charge in [0.2, 0.25) is 0 Å². The molecule has 1 aromatic carbocycles. The molecule has 0 saturated heterocycles. The molecule has 0 aliphatic heterocycles. The van der Waals surface area contributed by atoms with Crippen LogP contribution in [0.5, 0.6) is 0 Å². The minimum Gasteiger partial charge on any atom is -0.377 e. The average Bonchev–Trinajstić information content (AvgIpc) is 2.38. The number of sulfone groups is 1. The Balaban J connectivity index is 2.30. The molecule has 0 amide bonds. The number of nitrogens with one attached hydrogen (secondary N) is 1. The van der Waals surface area contributed by atoms with Crippen LogP contribution in [0, 0.1) is 10.1 Å². The summed E-state index contributed by atoms with van der Waals surface area (Å²) in [6.45, 7) is 0. The number of nitro groups is 1. The molecule has 7 heteroatoms. The Labute approximate surface area is 118 Å². The maximum atomic E-state index is 11.5. The first-order valence-corrected chi connectivity index (χ1v) is 8.52. The lowest BCUT2D eigenvalue weighted by molar-refractivity contribution is -0.384. The zero-order valence-electron chi connectivity index (χ0n) is 11.3. The SMILES string of the molecule is CS(=O)(=O)c1ccc(NC2CCCCC2)c([N+](=O)[O-])c1. The van der Waals surface area contributed by atoms with E-state index in [2.05, 4.69) is 5.32 Å². The molecule has 110 valence electrons. The summed E-state index contributed by atoms with van der Waals surface area (Å²) in [5.74, 6) is 0. The Morgan fingerprint density at radius 2 is 1.90 bits per heavy atom. The summed E-state index contributed by atoms with van der Waals surface area (Å²) in [5.41, 5.74) is 0.216. The number of nitrogens with zero attached hydrogens (tertiary/aromatic N) is 1. The van der Waals surface area contributed by atoms with Crippen LogP contribution < -0.4 is 5.32 Å². The van der Waals surface area contributed by atoms with Crippen LogP contribution in [-0.2, 0) is 9.84 Å². The third-order valence-electron chi connectivity index (χ3n) is 3.56. The molecule has 1 aliphatic carbocycles. The smallest absolute Gasteiger partial charge is 0.293 e. The number of benzene rings is 1. The highest BCUT2D eigenvalue weighted by Gasteiger charge is 2.21. The van der Waals surface area contributed by atoms with Crippen LogP contribution in [0.25, 0.3) is 0 Å². The molecule has 1 saturated carbocycles. The lowest BCUT2D eigenvalue weighted by Crippen LogP contribution is -2.22. The molecular weight excluding hydrogens is 280 g/mol. The largest absolute Gasteiger partial charge is 0.377 e. The molecule has 1 aliphatic rings. The highest BCUT2D eigenvalue weighted by Crippen LogP contribution is 2.30. The molecular formula is C13H18N2O4S. The van der Waals surface area contributed by atoms with Gasteiger partial charge in [0.1, 0.15) is 5.69 Å². The van der Waals surface area contributed by atoms with E-state index in [0.29, 0.717) is 5.69 Å². The molecule has 0 spiro atoms. The predicted molar refractivity (Wildman–Crippen MR) is 76.7 cm³/mol. The van der Waals surface area contributed by atoms with E-state index in [1.54, 1.807) is 0 Å². The van der Waals surface area contributed by atoms with Crippen molar-refractivity contribution >= 4 is 21.2 Å². The van der Waals surface area contributed by atoms with E-state index in [4.69, 9.17) is 0 Å². The molecule has 2 rings (SSSR count). The summed E-state index contributed by atoms with van der Waals surface area (Å²) in [4.78, 5) is 10.5. The fraction of sp³-hybridized carbons (Fsp3) is 0.538. The molecule has 0 bridgehead atoms. The predicted octanol–water partition coefficient (Wildman–Crippen LogP) is 2.74. The standard InChI is InChI=1S/C13H18N2O4S/c1-20(18,19)11-7-8-12(13(9-11)15(16)17)14-10-5-3-2-4-6-10/h7-10,14H,2-6H2,1H3. The lowest BCUT2D eigenvalue weighted by Gasteiger charge is -2.23. The Bertz CT molecular complexity index is 607. The van der Waals surface area contributed by atoms with E-state index in [0.717, 1.165) is 38.0 Å². The Morgan fingerprint density at radius 1 is 1.25 bits per heavy atom. The monoisotopic (exact) mass is 298 g/mol. The van der Waals surface area contributed by atoms with Gasteiger partial charge in [-0.3, -0.25) is 10.1 Å². The summed E-state index contributed by atoms with van der Waals surface area (Å²) in [7, 11) is -3.44. The van der Waals surface area contributed by atoms with Gasteiger partial charge in [0.25, 0.3) is 5.69 Å². The van der Waals surface area contributed by atoms with Gasteiger partial charge >= 0.3 is 0 Å². The van der Waals surface area contributed by atoms with Crippen molar-refractivity contribution in [2.45, 2.75) is 43.0 Å². The topological polar surface area (TPSA) is 89.3 Å². The van der Waals surface area contributed by atoms with Crippen molar-refractivity contribution in [2.75, 3.05) is 11.6 Å². The molecule has 0 aromatic heterocycles. The van der Waals surface area contributed by atoms with Gasteiger partial charge in [-0.15, -0.1) is 0 Å². The minimum absolute atomic E-state index is 0.0293. The number of hydrogen-bond donors (Lipinski definition) is 1. The van der Waals surface area contributed by atoms with E-state index in [1.807, 2.05) is 0 Å². The van der Waals surface area contributed by atoms with E-state index < -0.39 is 14.8 Å². The maximum Gasteiger partial charge on any atom is 0.293 e. The van der Waals surface area contributed by atoms with Crippen LogP contribution in [0.2, 0.25) is 0 Å². The van der Waals surface area contributed by atoms with E-state index in [9.17, 15) is 18.5 Å². The van der Waals surface area contributed by atoms with Crippen LogP contribution in [0.4, 0.5) is 11.4 Å². The average molecular weight is 298 g/mol. The zero-order chi connectivity index (χ0) is 14.8. The number of nitro benzene ring substituents is 1. The van der Waals surface area contributed by atoms with E-state index in [1.165, 1.54) is 18.6 Å². The Morgan fingerprint density at radius 3 is 2.45 bits per heavy atom. The molecule has 0 unspecified atom stereocenters. The first-order valence-electron chi connectivity index (χ1n) is 6.63. The van der Waals surface area contributed by atoms with Gasteiger partial charge in [-0.25, -0.2) is 8.42 Å². The van der Waals surface area contributed by atoms with Crippen LogP contribution in [0.15, 0.2) is 23.1 Å². The maximum absolute atomic E-state index is 11.5. The number of hydrogen-bond acceptors (Lipinski definition) is 5. The van der Waals surface area contributed by atoms with Crippen LogP contribution in [-0.4, -0.2) is 25.6 Å². The first kappa shape index (κ1) is 14.8. The van der Waals surface area contributed by atoms with Crippen molar-refractivity contribution in [3.63, 3.8) is 0 Å². The third kappa shape index (κ3) is 3.47. The molecule has 0 radical (unpaired) electrons. The lowest BCUT2D eigenvalue weighted by atomic mass is 9.95. The molecule has 0 atom stereocenters. The quantitative estimate of drug-likeness (QED) is 0.682. The van der Waals surface area contributed by atoms with Gasteiger partial charge in [-0.05, 0) is 25.0 Å². The van der Waals surface area contributed by atoms with E-state index >= 15 is 0 Å². The fourth-order valence-corrected chi connectivity index (χ4v) is 3.12. The molecule has 1 aromatic rings. The second kappa shape index (κ2) is 5.78. The van der Waals surface area contributed by atoms with Gasteiger partial charge in [-0.2, -0.15) is 0 Å². The second-order valence-electron chi connectivity index (χ2n) is 5.19. The van der Waals surface area contributed by atoms with Crippen LogP contribution in [0.1, 0.15) is 32.1 Å². The summed E-state index contributed by atoms with van der Waals surface area (Å²) < 4.78 is 22.9. The van der Waals surface area contributed by atoms with Gasteiger partial charge in [0.05, 0.1) is 9.82 Å². The molecule has 6 nitrogen and oxygen atoms in total. The summed E-state index contributed by atoms with van der Waals surface area (Å²) in [6, 6.07) is 4.25. The highest BCUT2D eigenvalue weighted by atomic mass is 32.2. The normalized spacial score (nSPS) is 16.9. The molecule has 20 heavy (non-hydrogen) atoms. The van der Waals surface area contributed by atoms with Crippen molar-refractivity contribution in [3.05, 3.63) is 28.3 Å². The van der Waals surface area contributed by atoms with Crippen molar-refractivity contribution in [3.8, 4) is 0 Å². The summed E-state index contributed by atoms with van der Waals surface area (Å²) in [5, 5.41) is 14.3. The second-order valence-corrected chi connectivity index (χ2v) is 7.20. The first-order chi connectivity index (χ1) is 9.38. The number of anilines is 1. The van der Waals surface area contributed by atoms with Gasteiger partial charge in [0, 0.05) is 18.4 Å². The van der Waals surface area contributed by atoms with Gasteiger partial charge in [0.15, 0.2) is 9.84 Å². The molecule has 1 fully saturated rings. The fourth-order valence-electron chi connectivity index (χ4n) is 2.48.